The fraction of sp³-hybridized carbons (Fsp3) is 0.280. The molecule has 0 unspecified atom stereocenters. The van der Waals surface area contributed by atoms with Gasteiger partial charge in [-0.2, -0.15) is 10.5 Å². The van der Waals surface area contributed by atoms with Crippen molar-refractivity contribution in [2.45, 2.75) is 16.7 Å². The lowest BCUT2D eigenvalue weighted by Gasteiger charge is -2.44. The third kappa shape index (κ3) is 4.25. The number of nitrogens with zero attached hydrogens (tertiary/aromatic N) is 3. The molecule has 0 fully saturated rings. The van der Waals surface area contributed by atoms with Gasteiger partial charge in [-0.3, -0.25) is 14.9 Å². The number of non-ortho nitro benzene ring substituents is 1. The van der Waals surface area contributed by atoms with Crippen molar-refractivity contribution in [1.82, 2.24) is 0 Å². The van der Waals surface area contributed by atoms with Crippen LogP contribution >= 0.6 is 11.8 Å². The van der Waals surface area contributed by atoms with Gasteiger partial charge in [0.2, 0.25) is 0 Å². The van der Waals surface area contributed by atoms with Gasteiger partial charge >= 0.3 is 11.9 Å². The molecule has 0 spiro atoms. The summed E-state index contributed by atoms with van der Waals surface area (Å²) in [5.41, 5.74) is -2.22. The van der Waals surface area contributed by atoms with Crippen molar-refractivity contribution in [2.75, 3.05) is 20.5 Å². The van der Waals surface area contributed by atoms with Crippen LogP contribution in [0.1, 0.15) is 23.0 Å². The molecule has 2 aromatic rings. The number of benzene rings is 2. The van der Waals surface area contributed by atoms with Crippen LogP contribution in [-0.2, 0) is 19.1 Å². The molecule has 0 heterocycles. The van der Waals surface area contributed by atoms with Gasteiger partial charge in [0.05, 0.1) is 42.8 Å². The summed E-state index contributed by atoms with van der Waals surface area (Å²) in [7, 11) is 2.14. The van der Waals surface area contributed by atoms with Crippen molar-refractivity contribution in [2.24, 2.45) is 11.3 Å². The summed E-state index contributed by atoms with van der Waals surface area (Å²) >= 11 is 1.46. The molecule has 3 atom stereocenters. The second-order valence-corrected chi connectivity index (χ2v) is 8.80. The van der Waals surface area contributed by atoms with Crippen LogP contribution < -0.4 is 0 Å². The largest absolute Gasteiger partial charge is 0.511 e. The lowest BCUT2D eigenvalue weighted by Crippen LogP contribution is -2.47. The zero-order valence-electron chi connectivity index (χ0n) is 19.5. The highest BCUT2D eigenvalue weighted by atomic mass is 32.2. The highest BCUT2D eigenvalue weighted by molar-refractivity contribution is 7.98. The number of aliphatic hydroxyl groups is 1. The van der Waals surface area contributed by atoms with E-state index in [9.17, 15) is 35.3 Å². The maximum atomic E-state index is 12.9. The SMILES string of the molecule is COC(=O)C1=C(O)[C@H](C(=O)OC)[C@H](c2ccc([N+](=O)[O-])cc2)C(C#N)(C#N)[C@H]1c1ccc(SC)cc1. The smallest absolute Gasteiger partial charge is 0.337 e. The minimum atomic E-state index is -2.12. The Balaban J connectivity index is 2.44. The average Bonchev–Trinajstić information content (AvgIpc) is 2.91. The van der Waals surface area contributed by atoms with Crippen molar-refractivity contribution in [3.63, 3.8) is 0 Å². The Labute approximate surface area is 210 Å². The van der Waals surface area contributed by atoms with E-state index in [-0.39, 0.29) is 11.3 Å². The molecule has 0 aliphatic heterocycles. The molecule has 0 amide bonds. The van der Waals surface area contributed by atoms with E-state index in [1.165, 1.54) is 36.0 Å². The highest BCUT2D eigenvalue weighted by Gasteiger charge is 2.61. The fourth-order valence-corrected chi connectivity index (χ4v) is 5.04. The van der Waals surface area contributed by atoms with Gasteiger partial charge in [-0.15, -0.1) is 11.8 Å². The molecule has 184 valence electrons. The normalized spacial score (nSPS) is 20.5. The van der Waals surface area contributed by atoms with E-state index in [4.69, 9.17) is 9.47 Å². The van der Waals surface area contributed by atoms with Crippen LogP contribution in [0, 0.1) is 44.1 Å². The number of aliphatic hydroxyl groups excluding tert-OH is 1. The topological polar surface area (TPSA) is 164 Å². The highest BCUT2D eigenvalue weighted by Crippen LogP contribution is 2.59. The van der Waals surface area contributed by atoms with E-state index in [0.29, 0.717) is 5.56 Å². The number of thioether (sulfide) groups is 1. The number of ether oxygens (including phenoxy) is 2. The summed E-state index contributed by atoms with van der Waals surface area (Å²) in [5.74, 6) is -7.01. The van der Waals surface area contributed by atoms with Gasteiger partial charge in [-0.25, -0.2) is 4.79 Å². The van der Waals surface area contributed by atoms with Gasteiger partial charge in [0.1, 0.15) is 11.7 Å². The van der Waals surface area contributed by atoms with Crippen LogP contribution in [0.4, 0.5) is 5.69 Å². The number of nitro groups is 1. The van der Waals surface area contributed by atoms with Gasteiger partial charge in [-0.05, 0) is 29.5 Å². The van der Waals surface area contributed by atoms with E-state index in [0.717, 1.165) is 19.1 Å². The summed E-state index contributed by atoms with van der Waals surface area (Å²) in [6.07, 6.45) is 1.86. The summed E-state index contributed by atoms with van der Waals surface area (Å²) < 4.78 is 9.75. The molecule has 0 saturated heterocycles. The summed E-state index contributed by atoms with van der Waals surface area (Å²) in [6.45, 7) is 0. The lowest BCUT2D eigenvalue weighted by atomic mass is 9.54. The molecule has 1 aliphatic carbocycles. The Bertz CT molecular complexity index is 1290. The van der Waals surface area contributed by atoms with Crippen LogP contribution in [0.2, 0.25) is 0 Å². The quantitative estimate of drug-likeness (QED) is 0.261. The molecule has 10 nitrogen and oxygen atoms in total. The first-order chi connectivity index (χ1) is 17.2. The molecule has 0 radical (unpaired) electrons. The maximum absolute atomic E-state index is 12.9. The van der Waals surface area contributed by atoms with Gasteiger partial charge in [0.15, 0.2) is 5.41 Å². The number of carbonyl (C=O) groups is 2. The molecule has 0 bridgehead atoms. The second kappa shape index (κ2) is 10.5. The van der Waals surface area contributed by atoms with Crippen molar-refractivity contribution in [3.8, 4) is 12.1 Å². The Morgan fingerprint density at radius 2 is 1.58 bits per heavy atom. The molecule has 0 saturated carbocycles. The minimum absolute atomic E-state index is 0.195. The first-order valence-electron chi connectivity index (χ1n) is 10.5. The lowest BCUT2D eigenvalue weighted by molar-refractivity contribution is -0.384. The number of hydrogen-bond acceptors (Lipinski definition) is 10. The number of esters is 2. The zero-order chi connectivity index (χ0) is 26.6. The van der Waals surface area contributed by atoms with Crippen LogP contribution in [-0.4, -0.2) is 42.4 Å². The predicted molar refractivity (Wildman–Crippen MR) is 128 cm³/mol. The van der Waals surface area contributed by atoms with Gasteiger partial charge in [0.25, 0.3) is 5.69 Å². The first-order valence-corrected chi connectivity index (χ1v) is 11.7. The molecular weight excluding hydrogens is 486 g/mol. The Kier molecular flexibility index (Phi) is 7.66. The van der Waals surface area contributed by atoms with E-state index in [1.807, 2.05) is 18.4 Å². The molecule has 3 rings (SSSR count). The van der Waals surface area contributed by atoms with Crippen molar-refractivity contribution >= 4 is 29.4 Å². The number of rotatable bonds is 6. The molecule has 1 N–H and O–H groups in total. The molecule has 36 heavy (non-hydrogen) atoms. The van der Waals surface area contributed by atoms with E-state index in [2.05, 4.69) is 0 Å². The van der Waals surface area contributed by atoms with Gasteiger partial charge in [-0.1, -0.05) is 24.3 Å². The van der Waals surface area contributed by atoms with E-state index < -0.39 is 51.4 Å². The van der Waals surface area contributed by atoms with Crippen molar-refractivity contribution in [3.05, 3.63) is 81.1 Å². The van der Waals surface area contributed by atoms with Crippen LogP contribution in [0.15, 0.2) is 64.8 Å². The number of hydrogen-bond donors (Lipinski definition) is 1. The molecule has 1 aliphatic rings. The minimum Gasteiger partial charge on any atom is -0.511 e. The average molecular weight is 508 g/mol. The van der Waals surface area contributed by atoms with Crippen LogP contribution in [0.3, 0.4) is 0 Å². The van der Waals surface area contributed by atoms with Crippen molar-refractivity contribution in [1.29, 1.82) is 10.5 Å². The number of methoxy groups -OCH3 is 2. The third-order valence-electron chi connectivity index (χ3n) is 6.28. The molecule has 11 heteroatoms. The molecule has 0 aromatic heterocycles. The monoisotopic (exact) mass is 507 g/mol. The predicted octanol–water partition coefficient (Wildman–Crippen LogP) is 4.01. The van der Waals surface area contributed by atoms with E-state index >= 15 is 0 Å². The Morgan fingerprint density at radius 1 is 1.03 bits per heavy atom. The number of nitriles is 2. The Morgan fingerprint density at radius 3 is 2.03 bits per heavy atom. The maximum Gasteiger partial charge on any atom is 0.337 e. The van der Waals surface area contributed by atoms with Gasteiger partial charge < -0.3 is 14.6 Å². The summed E-state index contributed by atoms with van der Waals surface area (Å²) in [4.78, 5) is 37.3. The summed E-state index contributed by atoms with van der Waals surface area (Å²) in [6, 6.07) is 15.7. The van der Waals surface area contributed by atoms with Crippen LogP contribution in [0.5, 0.6) is 0 Å². The first kappa shape index (κ1) is 26.3. The van der Waals surface area contributed by atoms with Gasteiger partial charge in [0, 0.05) is 22.9 Å². The zero-order valence-corrected chi connectivity index (χ0v) is 20.3. The molecular formula is C25H21N3O7S. The van der Waals surface area contributed by atoms with Crippen LogP contribution in [0.25, 0.3) is 0 Å². The third-order valence-corrected chi connectivity index (χ3v) is 7.02. The second-order valence-electron chi connectivity index (χ2n) is 7.92. The standard InChI is InChI=1S/C25H21N3O7S/c1-34-23(30)18-20(14-4-8-16(9-5-14)28(32)33)25(12-26,13-27)21(19(22(18)29)24(31)35-2)15-6-10-17(36-3)11-7-15/h4-11,18,20-21,29H,1-3H3/t18-,20+,21+/m1/s1. The number of carbonyl (C=O) groups excluding carboxylic acids is 2. The summed E-state index contributed by atoms with van der Waals surface area (Å²) in [5, 5.41) is 43.4. The van der Waals surface area contributed by atoms with E-state index in [1.54, 1.807) is 24.3 Å². The number of nitro benzene ring substituents is 1. The molecule has 2 aromatic carbocycles. The van der Waals surface area contributed by atoms with Crippen molar-refractivity contribution < 1.29 is 29.1 Å². The Hall–Kier alpha value is -4.35. The fourth-order valence-electron chi connectivity index (χ4n) is 4.63.